The van der Waals surface area contributed by atoms with Crippen LogP contribution in [0.15, 0.2) is 18.2 Å². The van der Waals surface area contributed by atoms with Crippen LogP contribution in [0.4, 0.5) is 4.39 Å². The van der Waals surface area contributed by atoms with Crippen molar-refractivity contribution in [2.24, 2.45) is 0 Å². The number of rotatable bonds is 5. The normalized spacial score (nSPS) is 10.5. The van der Waals surface area contributed by atoms with Crippen molar-refractivity contribution in [3.8, 4) is 0 Å². The van der Waals surface area contributed by atoms with E-state index in [4.69, 9.17) is 11.6 Å². The standard InChI is InChI=1S/C10H12ClFIN/c11-9-3-1-4-10(12)8(9)7-14-6-2-5-13/h1,3-4,14H,2,5-7H2. The first-order valence-electron chi connectivity index (χ1n) is 4.45. The largest absolute Gasteiger partial charge is 0.312 e. The van der Waals surface area contributed by atoms with Gasteiger partial charge in [-0.25, -0.2) is 4.39 Å². The van der Waals surface area contributed by atoms with Crippen molar-refractivity contribution in [1.82, 2.24) is 5.32 Å². The fourth-order valence-corrected chi connectivity index (χ4v) is 1.72. The van der Waals surface area contributed by atoms with Gasteiger partial charge in [0.25, 0.3) is 0 Å². The SMILES string of the molecule is Fc1cccc(Cl)c1CNCCCI. The van der Waals surface area contributed by atoms with E-state index in [1.54, 1.807) is 12.1 Å². The van der Waals surface area contributed by atoms with Crippen molar-refractivity contribution in [3.63, 3.8) is 0 Å². The molecule has 1 aromatic rings. The van der Waals surface area contributed by atoms with E-state index in [2.05, 4.69) is 27.9 Å². The third-order valence-corrected chi connectivity index (χ3v) is 2.97. The molecule has 0 saturated carbocycles. The Morgan fingerprint density at radius 2 is 2.21 bits per heavy atom. The second-order valence-electron chi connectivity index (χ2n) is 2.92. The summed E-state index contributed by atoms with van der Waals surface area (Å²) in [5.41, 5.74) is 0.558. The van der Waals surface area contributed by atoms with Gasteiger partial charge in [-0.05, 0) is 25.1 Å². The molecule has 0 aliphatic heterocycles. The predicted octanol–water partition coefficient (Wildman–Crippen LogP) is 3.39. The van der Waals surface area contributed by atoms with E-state index >= 15 is 0 Å². The summed E-state index contributed by atoms with van der Waals surface area (Å²) in [7, 11) is 0. The second-order valence-corrected chi connectivity index (χ2v) is 4.41. The fraction of sp³-hybridized carbons (Fsp3) is 0.400. The summed E-state index contributed by atoms with van der Waals surface area (Å²) in [4.78, 5) is 0. The van der Waals surface area contributed by atoms with Crippen molar-refractivity contribution in [3.05, 3.63) is 34.6 Å². The third-order valence-electron chi connectivity index (χ3n) is 1.85. The van der Waals surface area contributed by atoms with E-state index in [1.807, 2.05) is 0 Å². The summed E-state index contributed by atoms with van der Waals surface area (Å²) in [5.74, 6) is -0.237. The summed E-state index contributed by atoms with van der Waals surface area (Å²) < 4.78 is 14.3. The first-order chi connectivity index (χ1) is 6.75. The van der Waals surface area contributed by atoms with Crippen LogP contribution in [0, 0.1) is 5.82 Å². The molecule has 1 nitrogen and oxygen atoms in total. The van der Waals surface area contributed by atoms with Crippen molar-refractivity contribution >= 4 is 34.2 Å². The Labute approximate surface area is 102 Å². The number of nitrogens with one attached hydrogen (secondary N) is 1. The molecule has 0 aliphatic carbocycles. The summed E-state index contributed by atoms with van der Waals surface area (Å²) in [5, 5.41) is 3.65. The molecule has 1 N–H and O–H groups in total. The van der Waals surface area contributed by atoms with E-state index in [9.17, 15) is 4.39 Å². The van der Waals surface area contributed by atoms with E-state index in [0.29, 0.717) is 17.1 Å². The van der Waals surface area contributed by atoms with E-state index in [1.165, 1.54) is 6.07 Å². The van der Waals surface area contributed by atoms with Gasteiger partial charge in [-0.3, -0.25) is 0 Å². The smallest absolute Gasteiger partial charge is 0.129 e. The molecular weight excluding hydrogens is 315 g/mol. The molecule has 4 heteroatoms. The molecule has 1 rings (SSSR count). The van der Waals surface area contributed by atoms with Crippen LogP contribution < -0.4 is 5.32 Å². The maximum absolute atomic E-state index is 13.2. The zero-order valence-corrected chi connectivity index (χ0v) is 10.6. The lowest BCUT2D eigenvalue weighted by Gasteiger charge is -2.06. The molecule has 1 aromatic carbocycles. The number of benzene rings is 1. The average molecular weight is 328 g/mol. The Kier molecular flexibility index (Phi) is 5.74. The Morgan fingerprint density at radius 1 is 1.43 bits per heavy atom. The van der Waals surface area contributed by atoms with Gasteiger partial charge in [-0.2, -0.15) is 0 Å². The van der Waals surface area contributed by atoms with Crippen LogP contribution in [0.1, 0.15) is 12.0 Å². The van der Waals surface area contributed by atoms with Gasteiger partial charge in [0.05, 0.1) is 0 Å². The molecule has 0 amide bonds. The molecule has 0 radical (unpaired) electrons. The molecule has 0 aliphatic rings. The summed E-state index contributed by atoms with van der Waals surface area (Å²) in [6.07, 6.45) is 1.09. The van der Waals surface area contributed by atoms with Gasteiger partial charge in [-0.15, -0.1) is 0 Å². The molecule has 0 aromatic heterocycles. The highest BCUT2D eigenvalue weighted by Gasteiger charge is 2.05. The molecule has 0 heterocycles. The molecule has 0 bridgehead atoms. The van der Waals surface area contributed by atoms with Crippen LogP contribution in [0.2, 0.25) is 5.02 Å². The van der Waals surface area contributed by atoms with Crippen molar-refractivity contribution in [2.75, 3.05) is 11.0 Å². The molecule has 14 heavy (non-hydrogen) atoms. The quantitative estimate of drug-likeness (QED) is 0.496. The lowest BCUT2D eigenvalue weighted by Crippen LogP contribution is -2.16. The minimum absolute atomic E-state index is 0.237. The number of hydrogen-bond acceptors (Lipinski definition) is 1. The minimum atomic E-state index is -0.237. The second kappa shape index (κ2) is 6.58. The average Bonchev–Trinajstić information content (AvgIpc) is 2.16. The van der Waals surface area contributed by atoms with Gasteiger partial charge in [0, 0.05) is 21.6 Å². The van der Waals surface area contributed by atoms with Crippen LogP contribution in [0.5, 0.6) is 0 Å². The summed E-state index contributed by atoms with van der Waals surface area (Å²) >= 11 is 8.18. The summed E-state index contributed by atoms with van der Waals surface area (Å²) in [6, 6.07) is 4.76. The minimum Gasteiger partial charge on any atom is -0.312 e. The number of hydrogen-bond donors (Lipinski definition) is 1. The van der Waals surface area contributed by atoms with Gasteiger partial charge in [0.1, 0.15) is 5.82 Å². The highest BCUT2D eigenvalue weighted by Crippen LogP contribution is 2.18. The molecule has 0 atom stereocenters. The summed E-state index contributed by atoms with van der Waals surface area (Å²) in [6.45, 7) is 1.40. The third kappa shape index (κ3) is 3.71. The van der Waals surface area contributed by atoms with Crippen molar-refractivity contribution in [2.45, 2.75) is 13.0 Å². The topological polar surface area (TPSA) is 12.0 Å². The van der Waals surface area contributed by atoms with E-state index < -0.39 is 0 Å². The van der Waals surface area contributed by atoms with Crippen LogP contribution in [0.3, 0.4) is 0 Å². The van der Waals surface area contributed by atoms with Crippen LogP contribution >= 0.6 is 34.2 Å². The first kappa shape index (κ1) is 12.2. The van der Waals surface area contributed by atoms with Crippen molar-refractivity contribution < 1.29 is 4.39 Å². The van der Waals surface area contributed by atoms with Crippen LogP contribution in [-0.4, -0.2) is 11.0 Å². The van der Waals surface area contributed by atoms with Crippen LogP contribution in [0.25, 0.3) is 0 Å². The first-order valence-corrected chi connectivity index (χ1v) is 6.35. The lowest BCUT2D eigenvalue weighted by atomic mass is 10.2. The Balaban J connectivity index is 2.49. The van der Waals surface area contributed by atoms with Gasteiger partial charge in [-0.1, -0.05) is 40.3 Å². The zero-order valence-electron chi connectivity index (χ0n) is 7.69. The van der Waals surface area contributed by atoms with Gasteiger partial charge < -0.3 is 5.32 Å². The fourth-order valence-electron chi connectivity index (χ4n) is 1.11. The van der Waals surface area contributed by atoms with Gasteiger partial charge in [0.15, 0.2) is 0 Å². The zero-order chi connectivity index (χ0) is 10.4. The molecule has 0 fully saturated rings. The molecule has 0 spiro atoms. The van der Waals surface area contributed by atoms with E-state index in [0.717, 1.165) is 17.4 Å². The monoisotopic (exact) mass is 327 g/mol. The number of alkyl halides is 1. The number of halogens is 3. The molecular formula is C10H12ClFIN. The van der Waals surface area contributed by atoms with Crippen molar-refractivity contribution in [1.29, 1.82) is 0 Å². The lowest BCUT2D eigenvalue weighted by molar-refractivity contribution is 0.587. The Hall–Kier alpha value is 0.130. The highest BCUT2D eigenvalue weighted by atomic mass is 127. The Morgan fingerprint density at radius 3 is 2.86 bits per heavy atom. The molecule has 78 valence electrons. The maximum atomic E-state index is 13.2. The molecule has 0 unspecified atom stereocenters. The Bertz CT molecular complexity index is 273. The highest BCUT2D eigenvalue weighted by molar-refractivity contribution is 14.1. The van der Waals surface area contributed by atoms with Gasteiger partial charge >= 0.3 is 0 Å². The van der Waals surface area contributed by atoms with E-state index in [-0.39, 0.29) is 5.82 Å². The predicted molar refractivity (Wildman–Crippen MR) is 66.6 cm³/mol. The molecule has 0 saturated heterocycles. The maximum Gasteiger partial charge on any atom is 0.129 e. The van der Waals surface area contributed by atoms with Gasteiger partial charge in [0.2, 0.25) is 0 Å². The van der Waals surface area contributed by atoms with Crippen LogP contribution in [-0.2, 0) is 6.54 Å².